The number of ether oxygens (including phenoxy) is 1. The quantitative estimate of drug-likeness (QED) is 0.550. The van der Waals surface area contributed by atoms with Crippen molar-refractivity contribution in [2.75, 3.05) is 6.61 Å². The van der Waals surface area contributed by atoms with Gasteiger partial charge in [0.1, 0.15) is 0 Å². The Balaban J connectivity index is 0. The van der Waals surface area contributed by atoms with Crippen LogP contribution in [0.3, 0.4) is 0 Å². The van der Waals surface area contributed by atoms with E-state index in [9.17, 15) is 4.79 Å². The number of rotatable bonds is 3. The van der Waals surface area contributed by atoms with Crippen LogP contribution in [0.2, 0.25) is 0 Å². The zero-order chi connectivity index (χ0) is 4.83. The van der Waals surface area contributed by atoms with Gasteiger partial charge in [-0.15, -0.1) is 0 Å². The third kappa shape index (κ3) is 10.7. The fraction of sp³-hybridized carbons (Fsp3) is 0.500. The topological polar surface area (TPSA) is 26.3 Å². The predicted molar refractivity (Wildman–Crippen MR) is 21.6 cm³/mol. The molecule has 0 atom stereocenters. The zero-order valence-electron chi connectivity index (χ0n) is 3.82. The molecule has 0 aliphatic carbocycles. The summed E-state index contributed by atoms with van der Waals surface area (Å²) in [4.78, 5) is 9.19. The van der Waals surface area contributed by atoms with Crippen LogP contribution in [0.5, 0.6) is 0 Å². The van der Waals surface area contributed by atoms with Crippen molar-refractivity contribution in [3.05, 3.63) is 6.92 Å². The molecule has 0 amide bonds. The second kappa shape index (κ2) is 9.29. The summed E-state index contributed by atoms with van der Waals surface area (Å²) in [6.45, 7) is 5.08. The molecule has 0 aromatic heterocycles. The summed E-state index contributed by atoms with van der Waals surface area (Å²) in [7, 11) is 0. The molecule has 3 heteroatoms. The van der Waals surface area contributed by atoms with Crippen LogP contribution in [0.15, 0.2) is 0 Å². The van der Waals surface area contributed by atoms with E-state index in [1.54, 1.807) is 0 Å². The molecule has 0 aliphatic rings. The summed E-state index contributed by atoms with van der Waals surface area (Å²) in [5.74, 6) is 0. The molecule has 43 valence electrons. The Bertz CT molecular complexity index is 38.7. The maximum absolute atomic E-state index is 9.19. The molecule has 0 spiro atoms. The number of carbonyl (C=O) groups excluding carboxylic acids is 1. The smallest absolute Gasteiger partial charge is 0.0200 e. The van der Waals surface area contributed by atoms with Gasteiger partial charge in [-0.2, -0.15) is 6.42 Å². The first-order valence-corrected chi connectivity index (χ1v) is 1.70. The van der Waals surface area contributed by atoms with Gasteiger partial charge in [0.25, 0.3) is 0 Å². The summed E-state index contributed by atoms with van der Waals surface area (Å²) in [5.41, 5.74) is 0. The Morgan fingerprint density at radius 2 is 2.29 bits per heavy atom. The summed E-state index contributed by atoms with van der Waals surface area (Å²) >= 11 is 0. The van der Waals surface area contributed by atoms with E-state index in [1.165, 1.54) is 6.47 Å². The molecule has 0 aliphatic heterocycles. The fourth-order valence-corrected chi connectivity index (χ4v) is 0.114. The Morgan fingerprint density at radius 1 is 1.71 bits per heavy atom. The summed E-state index contributed by atoms with van der Waals surface area (Å²) in [6.07, 6.45) is 0.620. The molecule has 7 heavy (non-hydrogen) atoms. The van der Waals surface area contributed by atoms with Crippen LogP contribution in [-0.4, -0.2) is 13.1 Å². The van der Waals surface area contributed by atoms with Crippen molar-refractivity contribution in [3.8, 4) is 0 Å². The number of hydrogen-bond acceptors (Lipinski definition) is 2. The SMILES string of the molecule is [Am].[CH2-]CCO[C-]=O. The first kappa shape index (κ1) is 9.97. The van der Waals surface area contributed by atoms with E-state index in [4.69, 9.17) is 0 Å². The molecule has 0 aromatic rings. The molecule has 0 heterocycles. The molecular weight excluding hydrogens is 323 g/mol. The summed E-state index contributed by atoms with van der Waals surface area (Å²) in [5, 5.41) is 0. The summed E-state index contributed by atoms with van der Waals surface area (Å²) in [6, 6.07) is 0. The Morgan fingerprint density at radius 3 is 2.43 bits per heavy atom. The van der Waals surface area contributed by atoms with Gasteiger partial charge in [0.2, 0.25) is 0 Å². The van der Waals surface area contributed by atoms with Crippen molar-refractivity contribution in [1.82, 2.24) is 0 Å². The molecule has 1 radical (unpaired) electrons. The first-order valence-electron chi connectivity index (χ1n) is 1.70. The van der Waals surface area contributed by atoms with Crippen LogP contribution in [0.1, 0.15) is 6.42 Å². The molecular formula is C4H6AmO2-2. The second-order valence-electron chi connectivity index (χ2n) is 0.785. The van der Waals surface area contributed by atoms with E-state index in [0.29, 0.717) is 13.0 Å². The maximum Gasteiger partial charge on any atom is 0.0200 e. The minimum atomic E-state index is 0. The van der Waals surface area contributed by atoms with E-state index in [0.717, 1.165) is 0 Å². The third-order valence-corrected chi connectivity index (χ3v) is 0.305. The molecule has 0 N–H and O–H groups in total. The van der Waals surface area contributed by atoms with E-state index in [1.807, 2.05) is 0 Å². The van der Waals surface area contributed by atoms with Crippen molar-refractivity contribution in [3.63, 3.8) is 0 Å². The van der Waals surface area contributed by atoms with Gasteiger partial charge in [-0.1, -0.05) is 6.47 Å². The molecule has 0 rings (SSSR count). The molecule has 2 nitrogen and oxygen atoms in total. The molecule has 0 fully saturated rings. The minimum Gasteiger partial charge on any atom is -0.654 e. The van der Waals surface area contributed by atoms with Crippen LogP contribution >= 0.6 is 0 Å². The van der Waals surface area contributed by atoms with Crippen LogP contribution < -0.4 is 0 Å². The van der Waals surface area contributed by atoms with Gasteiger partial charge >= 0.3 is 0 Å². The van der Waals surface area contributed by atoms with E-state index >= 15 is 0 Å². The van der Waals surface area contributed by atoms with Gasteiger partial charge < -0.3 is 16.5 Å². The van der Waals surface area contributed by atoms with Crippen molar-refractivity contribution in [2.45, 2.75) is 6.42 Å². The first-order chi connectivity index (χ1) is 2.91. The van der Waals surface area contributed by atoms with Crippen LogP contribution in [0.4, 0.5) is 0 Å². The Kier molecular flexibility index (Phi) is 13.2. The van der Waals surface area contributed by atoms with Gasteiger partial charge in [0, 0.05) is 20.9 Å². The third-order valence-electron chi connectivity index (χ3n) is 0.305. The molecule has 0 bridgehead atoms. The van der Waals surface area contributed by atoms with Crippen molar-refractivity contribution >= 4 is 6.47 Å². The van der Waals surface area contributed by atoms with E-state index in [2.05, 4.69) is 11.7 Å². The van der Waals surface area contributed by atoms with Crippen molar-refractivity contribution in [1.29, 1.82) is 0 Å². The largest absolute Gasteiger partial charge is 0.654 e. The average molecular weight is 329 g/mol. The summed E-state index contributed by atoms with van der Waals surface area (Å²) < 4.78 is 4.11. The molecule has 0 saturated carbocycles. The normalized spacial score (nSPS) is 6.43. The van der Waals surface area contributed by atoms with Gasteiger partial charge in [-0.3, -0.25) is 0 Å². The van der Waals surface area contributed by atoms with Crippen LogP contribution in [0, 0.1) is 21.2 Å². The van der Waals surface area contributed by atoms with Crippen molar-refractivity contribution in [2.24, 2.45) is 0 Å². The monoisotopic (exact) mass is 327 g/mol. The van der Waals surface area contributed by atoms with Crippen LogP contribution in [-0.2, 0) is 9.53 Å². The predicted octanol–water partition coefficient (Wildman–Crippen LogP) is 0.294. The maximum atomic E-state index is 9.19. The number of hydrogen-bond donors (Lipinski definition) is 0. The van der Waals surface area contributed by atoms with Crippen LogP contribution in [0.25, 0.3) is 0 Å². The van der Waals surface area contributed by atoms with Gasteiger partial charge in [-0.05, 0) is 0 Å². The zero-order valence-corrected chi connectivity index (χ0v) is 6.96. The van der Waals surface area contributed by atoms with Crippen molar-refractivity contribution < 1.29 is 23.8 Å². The Hall–Kier alpha value is -0.140. The minimum absolute atomic E-state index is 0. The standard InChI is InChI=1S/C4H6O2.Am/c1-2-3-6-4-5;/h1-3H2;/q-2;. The fourth-order valence-electron chi connectivity index (χ4n) is 0.114. The molecule has 0 unspecified atom stereocenters. The second-order valence-corrected chi connectivity index (χ2v) is 0.785. The van der Waals surface area contributed by atoms with Gasteiger partial charge in [-0.25, -0.2) is 0 Å². The average Bonchev–Trinajstić information content (AvgIpc) is 1.61. The van der Waals surface area contributed by atoms with Gasteiger partial charge in [0.05, 0.1) is 0 Å². The van der Waals surface area contributed by atoms with E-state index in [-0.39, 0.29) is 14.3 Å². The Labute approximate surface area is 51.1 Å². The van der Waals surface area contributed by atoms with E-state index < -0.39 is 0 Å². The van der Waals surface area contributed by atoms with Gasteiger partial charge in [0.15, 0.2) is 0 Å². The molecule has 0 saturated heterocycles. The molecule has 0 aromatic carbocycles.